The van der Waals surface area contributed by atoms with Gasteiger partial charge in [-0.1, -0.05) is 39.5 Å². The molecule has 1 aliphatic carbocycles. The maximum atomic E-state index is 14.2. The molecule has 1 N–H and O–H groups in total. The summed E-state index contributed by atoms with van der Waals surface area (Å²) in [7, 11) is 0. The average molecular weight is 642 g/mol. The molecule has 3 aliphatic rings. The minimum Gasteiger partial charge on any atom is -0.477 e. The van der Waals surface area contributed by atoms with Crippen LogP contribution in [-0.4, -0.2) is 76.6 Å². The zero-order valence-corrected chi connectivity index (χ0v) is 29.1. The largest absolute Gasteiger partial charge is 0.477 e. The van der Waals surface area contributed by atoms with E-state index in [0.29, 0.717) is 49.0 Å². The van der Waals surface area contributed by atoms with Gasteiger partial charge in [0.15, 0.2) is 0 Å². The van der Waals surface area contributed by atoms with Crippen molar-refractivity contribution in [2.75, 3.05) is 31.1 Å². The normalized spacial score (nSPS) is 23.1. The maximum Gasteiger partial charge on any atom is 0.410 e. The second-order valence-corrected chi connectivity index (χ2v) is 16.9. The van der Waals surface area contributed by atoms with E-state index in [2.05, 4.69) is 39.5 Å². The second kappa shape index (κ2) is 13.4. The Morgan fingerprint density at radius 3 is 2.27 bits per heavy atom. The van der Waals surface area contributed by atoms with Crippen molar-refractivity contribution in [1.29, 1.82) is 0 Å². The third-order valence-corrected chi connectivity index (χ3v) is 9.97. The number of anilines is 1. The van der Waals surface area contributed by atoms with Gasteiger partial charge in [-0.2, -0.15) is 0 Å². The first-order valence-electron chi connectivity index (χ1n) is 16.3. The van der Waals surface area contributed by atoms with Gasteiger partial charge in [0.25, 0.3) is 0 Å². The van der Waals surface area contributed by atoms with E-state index in [0.717, 1.165) is 43.4 Å². The van der Waals surface area contributed by atoms with E-state index in [1.54, 1.807) is 20.8 Å². The number of rotatable bonds is 7. The summed E-state index contributed by atoms with van der Waals surface area (Å²) in [5.74, 6) is 5.56. The molecule has 248 valence electrons. The molecule has 10 heteroatoms. The number of nitrogens with zero attached hydrogens (tertiary/aromatic N) is 3. The van der Waals surface area contributed by atoms with Crippen LogP contribution in [0.1, 0.15) is 115 Å². The number of thiophene rings is 1. The number of likely N-dealkylation sites (tertiary alicyclic amines) is 2. The third-order valence-electron chi connectivity index (χ3n) is 8.94. The number of hydrogen-bond acceptors (Lipinski definition) is 6. The fourth-order valence-electron chi connectivity index (χ4n) is 6.26. The number of ether oxygens (including phenoxy) is 1. The molecule has 3 heterocycles. The standard InChI is InChI=1S/C35H51N3O6S/c1-23-9-11-24(12-10-23)30(40)38(27-19-26(13-16-33(2,3)4)45-29(27)31(41)42)25-15-18-36(20-25)32(43)44-35(8)21-37(22-35)28(39)14-17-34(5,6)7/h19,23-25H,9-12,14-15,17-18,20-22H2,1-8H3,(H,41,42)/t23-,24-,25-/m0/s1. The number of carboxylic acids is 1. The van der Waals surface area contributed by atoms with Crippen LogP contribution in [0.3, 0.4) is 0 Å². The number of hydrogen-bond donors (Lipinski definition) is 1. The molecule has 4 rings (SSSR count). The fraction of sp³-hybridized carbons (Fsp3) is 0.714. The first-order chi connectivity index (χ1) is 20.8. The Labute approximate surface area is 272 Å². The molecule has 0 unspecified atom stereocenters. The monoisotopic (exact) mass is 641 g/mol. The lowest BCUT2D eigenvalue weighted by atomic mass is 9.82. The summed E-state index contributed by atoms with van der Waals surface area (Å²) >= 11 is 1.09. The summed E-state index contributed by atoms with van der Waals surface area (Å²) in [4.78, 5) is 58.3. The lowest BCUT2D eigenvalue weighted by Crippen LogP contribution is -2.64. The van der Waals surface area contributed by atoms with E-state index >= 15 is 0 Å². The highest BCUT2D eigenvalue weighted by Gasteiger charge is 2.47. The van der Waals surface area contributed by atoms with Gasteiger partial charge >= 0.3 is 12.1 Å². The first kappa shape index (κ1) is 34.8. The molecule has 3 amide bonds. The summed E-state index contributed by atoms with van der Waals surface area (Å²) < 4.78 is 5.92. The van der Waals surface area contributed by atoms with Crippen LogP contribution >= 0.6 is 11.3 Å². The van der Waals surface area contributed by atoms with Gasteiger partial charge in [-0.15, -0.1) is 11.3 Å². The lowest BCUT2D eigenvalue weighted by molar-refractivity contribution is -0.154. The number of carboxylic acid groups (broad SMARTS) is 1. The quantitative estimate of drug-likeness (QED) is 0.335. The minimum absolute atomic E-state index is 0.0718. The number of carbonyl (C=O) groups excluding carboxylic acids is 3. The molecule has 0 radical (unpaired) electrons. The van der Waals surface area contributed by atoms with Crippen molar-refractivity contribution in [3.8, 4) is 11.8 Å². The van der Waals surface area contributed by atoms with Crippen LogP contribution in [0.5, 0.6) is 0 Å². The molecule has 2 aliphatic heterocycles. The predicted molar refractivity (Wildman–Crippen MR) is 176 cm³/mol. The van der Waals surface area contributed by atoms with E-state index in [-0.39, 0.29) is 46.0 Å². The smallest absolute Gasteiger partial charge is 0.410 e. The van der Waals surface area contributed by atoms with E-state index in [1.807, 2.05) is 27.7 Å². The molecule has 1 aromatic heterocycles. The predicted octanol–water partition coefficient (Wildman–Crippen LogP) is 6.64. The van der Waals surface area contributed by atoms with Crippen LogP contribution in [0.15, 0.2) is 6.07 Å². The van der Waals surface area contributed by atoms with Crippen molar-refractivity contribution < 1.29 is 29.0 Å². The summed E-state index contributed by atoms with van der Waals surface area (Å²) in [6.45, 7) is 17.7. The van der Waals surface area contributed by atoms with Crippen molar-refractivity contribution in [3.05, 3.63) is 15.8 Å². The van der Waals surface area contributed by atoms with Crippen molar-refractivity contribution in [2.45, 2.75) is 112 Å². The van der Waals surface area contributed by atoms with Gasteiger partial charge in [0, 0.05) is 30.8 Å². The molecule has 0 aromatic carbocycles. The van der Waals surface area contributed by atoms with Crippen molar-refractivity contribution in [3.63, 3.8) is 0 Å². The van der Waals surface area contributed by atoms with Gasteiger partial charge in [-0.05, 0) is 83.6 Å². The molecule has 0 bridgehead atoms. The molecular weight excluding hydrogens is 590 g/mol. The van der Waals surface area contributed by atoms with Gasteiger partial charge in [0.05, 0.1) is 29.7 Å². The van der Waals surface area contributed by atoms with Crippen LogP contribution in [-0.2, 0) is 14.3 Å². The Morgan fingerprint density at radius 1 is 1.04 bits per heavy atom. The number of aromatic carboxylic acids is 1. The maximum absolute atomic E-state index is 14.2. The third kappa shape index (κ3) is 9.02. The highest BCUT2D eigenvalue weighted by Crippen LogP contribution is 2.38. The van der Waals surface area contributed by atoms with Crippen LogP contribution in [0.2, 0.25) is 0 Å². The molecule has 3 fully saturated rings. The van der Waals surface area contributed by atoms with Crippen LogP contribution in [0, 0.1) is 34.5 Å². The molecule has 0 spiro atoms. The topological polar surface area (TPSA) is 107 Å². The SMILES string of the molecule is CC(C)(C)C#Cc1cc(N(C(=O)[C@H]2CC[C@H](C)CC2)[C@H]2CCN(C(=O)OC3(C)CN(C(=O)CCC(C)(C)C)C3)C2)c(C(=O)O)s1. The Hall–Kier alpha value is -3.06. The number of amides is 3. The zero-order valence-electron chi connectivity index (χ0n) is 28.3. The second-order valence-electron chi connectivity index (χ2n) is 15.8. The van der Waals surface area contributed by atoms with Gasteiger partial charge < -0.3 is 24.5 Å². The van der Waals surface area contributed by atoms with Crippen LogP contribution in [0.4, 0.5) is 10.5 Å². The summed E-state index contributed by atoms with van der Waals surface area (Å²) in [6, 6.07) is 1.35. The average Bonchev–Trinajstić information content (AvgIpc) is 3.57. The summed E-state index contributed by atoms with van der Waals surface area (Å²) in [6.07, 6.45) is 4.75. The van der Waals surface area contributed by atoms with E-state index in [4.69, 9.17) is 4.74 Å². The summed E-state index contributed by atoms with van der Waals surface area (Å²) in [5.41, 5.74) is -0.583. The fourth-order valence-corrected chi connectivity index (χ4v) is 7.10. The van der Waals surface area contributed by atoms with Crippen molar-refractivity contribution >= 4 is 40.9 Å². The van der Waals surface area contributed by atoms with Crippen LogP contribution < -0.4 is 4.90 Å². The molecule has 2 saturated heterocycles. The molecule has 45 heavy (non-hydrogen) atoms. The van der Waals surface area contributed by atoms with Gasteiger partial charge in [-0.25, -0.2) is 9.59 Å². The highest BCUT2D eigenvalue weighted by molar-refractivity contribution is 7.15. The Balaban J connectivity index is 1.50. The van der Waals surface area contributed by atoms with E-state index in [9.17, 15) is 24.3 Å². The zero-order chi connectivity index (χ0) is 33.3. The minimum atomic E-state index is -1.09. The molecule has 1 aromatic rings. The van der Waals surface area contributed by atoms with Gasteiger partial charge in [0.1, 0.15) is 10.5 Å². The Morgan fingerprint density at radius 2 is 1.69 bits per heavy atom. The van der Waals surface area contributed by atoms with Gasteiger partial charge in [-0.3, -0.25) is 9.59 Å². The Kier molecular flexibility index (Phi) is 10.3. The molecule has 9 nitrogen and oxygen atoms in total. The molecular formula is C35H51N3O6S. The first-order valence-corrected chi connectivity index (χ1v) is 17.1. The molecule has 1 saturated carbocycles. The molecule has 1 atom stereocenters. The van der Waals surface area contributed by atoms with Crippen molar-refractivity contribution in [2.24, 2.45) is 22.7 Å². The summed E-state index contributed by atoms with van der Waals surface area (Å²) in [5, 5.41) is 10.2. The van der Waals surface area contributed by atoms with E-state index in [1.165, 1.54) is 0 Å². The van der Waals surface area contributed by atoms with Crippen molar-refractivity contribution in [1.82, 2.24) is 9.80 Å². The van der Waals surface area contributed by atoms with Gasteiger partial charge in [0.2, 0.25) is 11.8 Å². The lowest BCUT2D eigenvalue weighted by Gasteiger charge is -2.47. The Bertz CT molecular complexity index is 1350. The number of carbonyl (C=O) groups is 4. The van der Waals surface area contributed by atoms with Crippen LogP contribution in [0.25, 0.3) is 0 Å². The van der Waals surface area contributed by atoms with E-state index < -0.39 is 17.7 Å². The highest BCUT2D eigenvalue weighted by atomic mass is 32.1.